The van der Waals surface area contributed by atoms with Crippen molar-refractivity contribution < 1.29 is 9.21 Å². The maximum atomic E-state index is 11.8. The van der Waals surface area contributed by atoms with E-state index in [1.165, 1.54) is 0 Å². The summed E-state index contributed by atoms with van der Waals surface area (Å²) in [7, 11) is 1.90. The van der Waals surface area contributed by atoms with Gasteiger partial charge in [0.15, 0.2) is 0 Å². The Kier molecular flexibility index (Phi) is 4.42. The minimum Gasteiger partial charge on any atom is -0.469 e. The first-order chi connectivity index (χ1) is 8.66. The van der Waals surface area contributed by atoms with Crippen LogP contribution >= 0.6 is 0 Å². The van der Waals surface area contributed by atoms with E-state index in [2.05, 4.69) is 12.2 Å². The van der Waals surface area contributed by atoms with Gasteiger partial charge in [-0.15, -0.1) is 0 Å². The molecule has 1 aromatic rings. The number of hydrogen-bond donors (Lipinski definition) is 1. The molecule has 100 valence electrons. The molecule has 0 bridgehead atoms. The van der Waals surface area contributed by atoms with Crippen molar-refractivity contribution in [2.75, 3.05) is 13.6 Å². The number of furan rings is 1. The summed E-state index contributed by atoms with van der Waals surface area (Å²) in [6.45, 7) is 2.54. The van der Waals surface area contributed by atoms with Crippen molar-refractivity contribution in [3.05, 3.63) is 24.2 Å². The molecule has 4 nitrogen and oxygen atoms in total. The van der Waals surface area contributed by atoms with Crippen LogP contribution in [0.3, 0.4) is 0 Å². The molecule has 1 aromatic heterocycles. The number of hydrogen-bond acceptors (Lipinski definition) is 3. The SMILES string of the molecule is CC(CCc1ccco1)NCC(=O)N(C)C1CC1. The molecule has 18 heavy (non-hydrogen) atoms. The van der Waals surface area contributed by atoms with Crippen molar-refractivity contribution in [1.29, 1.82) is 0 Å². The highest BCUT2D eigenvalue weighted by Crippen LogP contribution is 2.25. The molecule has 1 aliphatic carbocycles. The molecule has 1 amide bonds. The Morgan fingerprint density at radius 2 is 2.39 bits per heavy atom. The molecular weight excluding hydrogens is 228 g/mol. The molecule has 0 saturated heterocycles. The quantitative estimate of drug-likeness (QED) is 0.802. The monoisotopic (exact) mass is 250 g/mol. The van der Waals surface area contributed by atoms with Crippen molar-refractivity contribution in [2.24, 2.45) is 0 Å². The van der Waals surface area contributed by atoms with Crippen LogP contribution in [-0.2, 0) is 11.2 Å². The van der Waals surface area contributed by atoms with Crippen molar-refractivity contribution in [3.8, 4) is 0 Å². The first kappa shape index (κ1) is 13.1. The van der Waals surface area contributed by atoms with E-state index in [-0.39, 0.29) is 5.91 Å². The molecule has 1 atom stereocenters. The Morgan fingerprint density at radius 3 is 3.00 bits per heavy atom. The van der Waals surface area contributed by atoms with Gasteiger partial charge in [0.2, 0.25) is 5.91 Å². The average Bonchev–Trinajstić information content (AvgIpc) is 3.09. The van der Waals surface area contributed by atoms with Gasteiger partial charge >= 0.3 is 0 Å². The van der Waals surface area contributed by atoms with Gasteiger partial charge in [0.05, 0.1) is 12.8 Å². The highest BCUT2D eigenvalue weighted by atomic mass is 16.3. The molecule has 1 heterocycles. The zero-order chi connectivity index (χ0) is 13.0. The van der Waals surface area contributed by atoms with Gasteiger partial charge in [-0.05, 0) is 38.3 Å². The van der Waals surface area contributed by atoms with Gasteiger partial charge in [0.1, 0.15) is 5.76 Å². The number of amides is 1. The van der Waals surface area contributed by atoms with Crippen molar-refractivity contribution in [3.63, 3.8) is 0 Å². The average molecular weight is 250 g/mol. The number of nitrogens with one attached hydrogen (secondary N) is 1. The van der Waals surface area contributed by atoms with Crippen molar-refractivity contribution >= 4 is 5.91 Å². The number of aryl methyl sites for hydroxylation is 1. The van der Waals surface area contributed by atoms with E-state index in [0.29, 0.717) is 18.6 Å². The third kappa shape index (κ3) is 3.88. The summed E-state index contributed by atoms with van der Waals surface area (Å²) in [6, 6.07) is 4.71. The Hall–Kier alpha value is -1.29. The highest BCUT2D eigenvalue weighted by molar-refractivity contribution is 5.78. The van der Waals surface area contributed by atoms with Crippen LogP contribution in [-0.4, -0.2) is 36.5 Å². The lowest BCUT2D eigenvalue weighted by molar-refractivity contribution is -0.129. The standard InChI is InChI=1S/C14H22N2O2/c1-11(5-8-13-4-3-9-18-13)15-10-14(17)16(2)12-6-7-12/h3-4,9,11-12,15H,5-8,10H2,1-2H3. The molecular formula is C14H22N2O2. The highest BCUT2D eigenvalue weighted by Gasteiger charge is 2.29. The first-order valence-electron chi connectivity index (χ1n) is 6.68. The van der Waals surface area contributed by atoms with Crippen molar-refractivity contribution in [2.45, 2.75) is 44.7 Å². The Balaban J connectivity index is 1.61. The fourth-order valence-corrected chi connectivity index (χ4v) is 1.97. The van der Waals surface area contributed by atoms with Crippen LogP contribution < -0.4 is 5.32 Å². The minimum atomic E-state index is 0.197. The second-order valence-electron chi connectivity index (χ2n) is 5.14. The zero-order valence-corrected chi connectivity index (χ0v) is 11.2. The number of rotatable bonds is 7. The number of carbonyl (C=O) groups excluding carboxylic acids is 1. The van der Waals surface area contributed by atoms with E-state index in [1.54, 1.807) is 6.26 Å². The fourth-order valence-electron chi connectivity index (χ4n) is 1.97. The van der Waals surface area contributed by atoms with Gasteiger partial charge in [-0.1, -0.05) is 0 Å². The molecule has 1 fully saturated rings. The van der Waals surface area contributed by atoms with Crippen LogP contribution in [0.4, 0.5) is 0 Å². The first-order valence-corrected chi connectivity index (χ1v) is 6.68. The van der Waals surface area contributed by atoms with Gasteiger partial charge in [-0.2, -0.15) is 0 Å². The van der Waals surface area contributed by atoms with Crippen LogP contribution in [0.5, 0.6) is 0 Å². The molecule has 1 unspecified atom stereocenters. The van der Waals surface area contributed by atoms with Gasteiger partial charge in [-0.25, -0.2) is 0 Å². The van der Waals surface area contributed by atoms with Gasteiger partial charge in [0, 0.05) is 25.6 Å². The summed E-state index contributed by atoms with van der Waals surface area (Å²) in [5.74, 6) is 1.20. The Morgan fingerprint density at radius 1 is 1.61 bits per heavy atom. The number of likely N-dealkylation sites (N-methyl/N-ethyl adjacent to an activating group) is 1. The smallest absolute Gasteiger partial charge is 0.236 e. The molecule has 1 N–H and O–H groups in total. The molecule has 1 aliphatic rings. The molecule has 2 rings (SSSR count). The van der Waals surface area contributed by atoms with Gasteiger partial charge in [0.25, 0.3) is 0 Å². The maximum absolute atomic E-state index is 11.8. The normalized spacial score (nSPS) is 16.6. The van der Waals surface area contributed by atoms with E-state index in [1.807, 2.05) is 24.1 Å². The minimum absolute atomic E-state index is 0.197. The molecule has 0 aromatic carbocycles. The Bertz CT molecular complexity index is 371. The van der Waals surface area contributed by atoms with E-state index in [4.69, 9.17) is 4.42 Å². The summed E-state index contributed by atoms with van der Waals surface area (Å²) in [5.41, 5.74) is 0. The lowest BCUT2D eigenvalue weighted by Gasteiger charge is -2.18. The van der Waals surface area contributed by atoms with Gasteiger partial charge in [-0.3, -0.25) is 4.79 Å². The summed E-state index contributed by atoms with van der Waals surface area (Å²) >= 11 is 0. The number of nitrogens with zero attached hydrogens (tertiary/aromatic N) is 1. The second-order valence-corrected chi connectivity index (χ2v) is 5.14. The predicted molar refractivity (Wildman–Crippen MR) is 70.3 cm³/mol. The lowest BCUT2D eigenvalue weighted by Crippen LogP contribution is -2.40. The maximum Gasteiger partial charge on any atom is 0.236 e. The molecule has 0 aliphatic heterocycles. The lowest BCUT2D eigenvalue weighted by atomic mass is 10.1. The van der Waals surface area contributed by atoms with Crippen LogP contribution in [0.15, 0.2) is 22.8 Å². The van der Waals surface area contributed by atoms with E-state index < -0.39 is 0 Å². The molecule has 4 heteroatoms. The molecule has 1 saturated carbocycles. The summed E-state index contributed by atoms with van der Waals surface area (Å²) in [4.78, 5) is 13.7. The third-order valence-electron chi connectivity index (χ3n) is 3.49. The fraction of sp³-hybridized carbons (Fsp3) is 0.643. The van der Waals surface area contributed by atoms with Crippen LogP contribution in [0.2, 0.25) is 0 Å². The Labute approximate surface area is 108 Å². The molecule has 0 spiro atoms. The second kappa shape index (κ2) is 6.05. The number of carbonyl (C=O) groups is 1. The summed E-state index contributed by atoms with van der Waals surface area (Å²) < 4.78 is 5.28. The van der Waals surface area contributed by atoms with E-state index >= 15 is 0 Å². The van der Waals surface area contributed by atoms with E-state index in [0.717, 1.165) is 31.4 Å². The predicted octanol–water partition coefficient (Wildman–Crippen LogP) is 1.81. The van der Waals surface area contributed by atoms with Crippen molar-refractivity contribution in [1.82, 2.24) is 10.2 Å². The van der Waals surface area contributed by atoms with E-state index in [9.17, 15) is 4.79 Å². The van der Waals surface area contributed by atoms with Crippen LogP contribution in [0.1, 0.15) is 31.9 Å². The summed E-state index contributed by atoms with van der Waals surface area (Å²) in [6.07, 6.45) is 5.91. The third-order valence-corrected chi connectivity index (χ3v) is 3.49. The summed E-state index contributed by atoms with van der Waals surface area (Å²) in [5, 5.41) is 3.28. The largest absolute Gasteiger partial charge is 0.469 e. The van der Waals surface area contributed by atoms with Crippen LogP contribution in [0.25, 0.3) is 0 Å². The van der Waals surface area contributed by atoms with Gasteiger partial charge < -0.3 is 14.6 Å². The zero-order valence-electron chi connectivity index (χ0n) is 11.2. The topological polar surface area (TPSA) is 45.5 Å². The van der Waals surface area contributed by atoms with Crippen LogP contribution in [0, 0.1) is 0 Å². The molecule has 0 radical (unpaired) electrons.